The van der Waals surface area contributed by atoms with Gasteiger partial charge in [-0.15, -0.1) is 12.4 Å². The quantitative estimate of drug-likeness (QED) is 0.657. The third kappa shape index (κ3) is 4.72. The van der Waals surface area contributed by atoms with Gasteiger partial charge in [0.1, 0.15) is 5.82 Å². The fraction of sp³-hybridized carbons (Fsp3) is 0. The number of nitrogens with two attached hydrogens (primary N) is 1. The Hall–Kier alpha value is -2.37. The van der Waals surface area contributed by atoms with Crippen LogP contribution in [0, 0.1) is 10.8 Å². The normalized spacial score (nSPS) is 9.50. The van der Waals surface area contributed by atoms with Gasteiger partial charge in [0.25, 0.3) is 10.0 Å². The van der Waals surface area contributed by atoms with Gasteiger partial charge in [-0.1, -0.05) is 6.07 Å². The molecule has 2 rings (SSSR count). The van der Waals surface area contributed by atoms with Gasteiger partial charge < -0.3 is 5.73 Å². The van der Waals surface area contributed by atoms with Crippen molar-refractivity contribution in [2.75, 3.05) is 10.5 Å². The number of nitrogen functional groups attached to an aromatic ring is 1. The molecule has 9 heteroatoms. The van der Waals surface area contributed by atoms with Gasteiger partial charge in [0, 0.05) is 22.7 Å². The van der Waals surface area contributed by atoms with Crippen LogP contribution in [0.3, 0.4) is 0 Å². The second kappa shape index (κ2) is 7.93. The maximum Gasteiger partial charge on any atom is 0.263 e. The lowest BCUT2D eigenvalue weighted by Crippen LogP contribution is -2.13. The first-order chi connectivity index (χ1) is 9.08. The smallest absolute Gasteiger partial charge is 0.263 e. The summed E-state index contributed by atoms with van der Waals surface area (Å²) in [6.45, 7) is 0. The maximum absolute atomic E-state index is 11.9. The summed E-state index contributed by atoms with van der Waals surface area (Å²) in [5.41, 5.74) is 6.01. The lowest BCUT2D eigenvalue weighted by Gasteiger charge is -2.06. The largest absolute Gasteiger partial charge is 0.399 e. The van der Waals surface area contributed by atoms with Crippen molar-refractivity contribution in [3.8, 4) is 0 Å². The number of aromatic nitrogens is 1. The van der Waals surface area contributed by atoms with Crippen LogP contribution in [-0.2, 0) is 10.0 Å². The lowest BCUT2D eigenvalue weighted by atomic mass is 10.3. The summed E-state index contributed by atoms with van der Waals surface area (Å²) in [7, 11) is -3.60. The molecule has 20 heavy (non-hydrogen) atoms. The summed E-state index contributed by atoms with van der Waals surface area (Å²) >= 11 is 0. The molecule has 0 atom stereocenters. The standard InChI is InChI=1S/C11H11N3O2S.ClH.N2/c12-9-4-6-10(7-5-9)17(15,16)14-11-3-1-2-8-13-11;;1-2/h1-8H,12H2,(H,13,14);1H;. The zero-order chi connectivity index (χ0) is 14.3. The fourth-order valence-electron chi connectivity index (χ4n) is 1.27. The number of rotatable bonds is 3. The predicted molar refractivity (Wildman–Crippen MR) is 76.6 cm³/mol. The van der Waals surface area contributed by atoms with Crippen LogP contribution in [0.1, 0.15) is 0 Å². The molecule has 0 aliphatic carbocycles. The first-order valence-corrected chi connectivity index (χ1v) is 6.56. The Labute approximate surface area is 122 Å². The van der Waals surface area contributed by atoms with Gasteiger partial charge in [-0.3, -0.25) is 4.72 Å². The van der Waals surface area contributed by atoms with E-state index in [0.29, 0.717) is 5.69 Å². The van der Waals surface area contributed by atoms with Crippen LogP contribution < -0.4 is 10.5 Å². The van der Waals surface area contributed by atoms with Gasteiger partial charge in [-0.2, -0.15) is 0 Å². The minimum absolute atomic E-state index is 0. The van der Waals surface area contributed by atoms with Crippen LogP contribution in [0.2, 0.25) is 0 Å². The van der Waals surface area contributed by atoms with E-state index >= 15 is 0 Å². The zero-order valence-corrected chi connectivity index (χ0v) is 11.8. The molecule has 0 bridgehead atoms. The molecular formula is C11H12ClN5O2S. The molecule has 0 amide bonds. The van der Waals surface area contributed by atoms with Gasteiger partial charge in [0.05, 0.1) is 4.90 Å². The van der Waals surface area contributed by atoms with Gasteiger partial charge in [0.2, 0.25) is 0 Å². The number of nitrogens with one attached hydrogen (secondary N) is 1. The minimum Gasteiger partial charge on any atom is -0.399 e. The molecule has 1 heterocycles. The van der Waals surface area contributed by atoms with Crippen LogP contribution in [0.5, 0.6) is 0 Å². The van der Waals surface area contributed by atoms with Gasteiger partial charge >= 0.3 is 0 Å². The summed E-state index contributed by atoms with van der Waals surface area (Å²) in [6.07, 6.45) is 1.51. The van der Waals surface area contributed by atoms with Crippen molar-refractivity contribution in [3.05, 3.63) is 48.7 Å². The highest BCUT2D eigenvalue weighted by Gasteiger charge is 2.13. The SMILES string of the molecule is Cl.N#N.Nc1ccc(S(=O)(=O)Nc2ccccn2)cc1. The summed E-state index contributed by atoms with van der Waals surface area (Å²) in [5.74, 6) is 0.282. The van der Waals surface area contributed by atoms with Gasteiger partial charge in [0.15, 0.2) is 0 Å². The number of anilines is 2. The zero-order valence-electron chi connectivity index (χ0n) is 10.2. The Morgan fingerprint density at radius 1 is 1.05 bits per heavy atom. The second-order valence-corrected chi connectivity index (χ2v) is 5.07. The molecule has 2 aromatic rings. The first kappa shape index (κ1) is 17.6. The van der Waals surface area contributed by atoms with Crippen molar-refractivity contribution >= 4 is 33.9 Å². The number of sulfonamides is 1. The van der Waals surface area contributed by atoms with E-state index in [2.05, 4.69) is 9.71 Å². The first-order valence-electron chi connectivity index (χ1n) is 5.07. The van der Waals surface area contributed by atoms with Crippen LogP contribution in [0.25, 0.3) is 0 Å². The van der Waals surface area contributed by atoms with Crippen LogP contribution in [0.15, 0.2) is 53.6 Å². The van der Waals surface area contributed by atoms with Gasteiger partial charge in [-0.25, -0.2) is 13.4 Å². The Balaban J connectivity index is 0.00000115. The third-order valence-corrected chi connectivity index (χ3v) is 3.46. The van der Waals surface area contributed by atoms with Crippen molar-refractivity contribution in [3.63, 3.8) is 0 Å². The molecule has 1 aromatic carbocycles. The maximum atomic E-state index is 11.9. The average Bonchev–Trinajstić information content (AvgIpc) is 2.42. The Kier molecular flexibility index (Phi) is 6.99. The highest BCUT2D eigenvalue weighted by Crippen LogP contribution is 2.15. The molecule has 0 saturated heterocycles. The Morgan fingerprint density at radius 2 is 1.65 bits per heavy atom. The average molecular weight is 314 g/mol. The molecule has 7 nitrogen and oxygen atoms in total. The van der Waals surface area contributed by atoms with Crippen LogP contribution in [0.4, 0.5) is 11.5 Å². The van der Waals surface area contributed by atoms with Crippen molar-refractivity contribution in [2.24, 2.45) is 0 Å². The van der Waals surface area contributed by atoms with Gasteiger partial charge in [-0.05, 0) is 36.4 Å². The van der Waals surface area contributed by atoms with E-state index in [1.807, 2.05) is 0 Å². The predicted octanol–water partition coefficient (Wildman–Crippen LogP) is 1.92. The lowest BCUT2D eigenvalue weighted by molar-refractivity contribution is 0.601. The molecule has 0 radical (unpaired) electrons. The van der Waals surface area contributed by atoms with E-state index < -0.39 is 10.0 Å². The number of hydrogen-bond acceptors (Lipinski definition) is 6. The molecule has 0 unspecified atom stereocenters. The number of nitrogens with zero attached hydrogens (tertiary/aromatic N) is 3. The highest BCUT2D eigenvalue weighted by atomic mass is 35.5. The van der Waals surface area contributed by atoms with E-state index in [1.165, 1.54) is 30.5 Å². The number of halogens is 1. The molecular weight excluding hydrogens is 302 g/mol. The van der Waals surface area contributed by atoms with Crippen molar-refractivity contribution in [2.45, 2.75) is 4.90 Å². The molecule has 106 valence electrons. The number of pyridine rings is 1. The fourth-order valence-corrected chi connectivity index (χ4v) is 2.28. The molecule has 1 aromatic heterocycles. The van der Waals surface area contributed by atoms with Crippen molar-refractivity contribution in [1.82, 2.24) is 4.98 Å². The number of hydrogen-bond donors (Lipinski definition) is 2. The van der Waals surface area contributed by atoms with E-state index in [0.717, 1.165) is 0 Å². The Bertz CT molecular complexity index is 644. The molecule has 0 aliphatic heterocycles. The summed E-state index contributed by atoms with van der Waals surface area (Å²) in [6, 6.07) is 10.9. The molecule has 3 N–H and O–H groups in total. The monoisotopic (exact) mass is 313 g/mol. The van der Waals surface area contributed by atoms with Crippen LogP contribution >= 0.6 is 12.4 Å². The topological polar surface area (TPSA) is 133 Å². The van der Waals surface area contributed by atoms with Crippen molar-refractivity contribution in [1.29, 1.82) is 10.8 Å². The highest BCUT2D eigenvalue weighted by molar-refractivity contribution is 7.92. The number of benzene rings is 1. The molecule has 0 aliphatic rings. The Morgan fingerprint density at radius 3 is 2.15 bits per heavy atom. The molecule has 0 fully saturated rings. The molecule has 0 spiro atoms. The van der Waals surface area contributed by atoms with E-state index in [1.54, 1.807) is 18.2 Å². The van der Waals surface area contributed by atoms with E-state index in [9.17, 15) is 8.42 Å². The van der Waals surface area contributed by atoms with Crippen molar-refractivity contribution < 1.29 is 8.42 Å². The second-order valence-electron chi connectivity index (χ2n) is 3.39. The third-order valence-electron chi connectivity index (χ3n) is 2.09. The van der Waals surface area contributed by atoms with E-state index in [-0.39, 0.29) is 23.1 Å². The van der Waals surface area contributed by atoms with E-state index in [4.69, 9.17) is 16.5 Å². The summed E-state index contributed by atoms with van der Waals surface area (Å²) in [5, 5.41) is 12.0. The molecule has 0 saturated carbocycles. The van der Waals surface area contributed by atoms with Crippen LogP contribution in [-0.4, -0.2) is 13.4 Å². The minimum atomic E-state index is -3.60. The summed E-state index contributed by atoms with van der Waals surface area (Å²) < 4.78 is 26.2. The summed E-state index contributed by atoms with van der Waals surface area (Å²) in [4.78, 5) is 4.04.